The minimum absolute atomic E-state index is 0.0497. The molecule has 3 nitrogen and oxygen atoms in total. The topological polar surface area (TPSA) is 42.0 Å². The molecule has 3 aromatic rings. The molecule has 0 bridgehead atoms. The lowest BCUT2D eigenvalue weighted by molar-refractivity contribution is -0.115. The Labute approximate surface area is 154 Å². The summed E-state index contributed by atoms with van der Waals surface area (Å²) < 4.78 is 1.14. The summed E-state index contributed by atoms with van der Waals surface area (Å²) in [6.45, 7) is 6.53. The Morgan fingerprint density at radius 1 is 1.25 bits per heavy atom. The molecule has 0 unspecified atom stereocenters. The fraction of sp³-hybridized carbons (Fsp3) is 0.333. The summed E-state index contributed by atoms with van der Waals surface area (Å²) in [6, 6.07) is 5.78. The van der Waals surface area contributed by atoms with Crippen molar-refractivity contribution >= 4 is 55.4 Å². The third-order valence-corrected chi connectivity index (χ3v) is 5.53. The maximum Gasteiger partial charge on any atom is 0.230 e. The Balaban J connectivity index is 1.68. The number of halogens is 1. The number of fused-ring (bicyclic) bond motifs is 1. The molecule has 6 heteroatoms. The Morgan fingerprint density at radius 2 is 2.04 bits per heavy atom. The highest BCUT2D eigenvalue weighted by Gasteiger charge is 2.15. The predicted molar refractivity (Wildman–Crippen MR) is 104 cm³/mol. The van der Waals surface area contributed by atoms with E-state index < -0.39 is 0 Å². The number of rotatable bonds is 4. The Hall–Kier alpha value is -1.43. The lowest BCUT2D eigenvalue weighted by Gasteiger charge is -2.15. The zero-order chi connectivity index (χ0) is 17.3. The number of nitrogens with one attached hydrogen (secondary N) is 1. The van der Waals surface area contributed by atoms with Crippen LogP contribution in [-0.2, 0) is 17.6 Å². The highest BCUT2D eigenvalue weighted by molar-refractivity contribution is 7.17. The van der Waals surface area contributed by atoms with E-state index in [1.807, 2.05) is 29.0 Å². The smallest absolute Gasteiger partial charge is 0.230 e. The molecule has 0 fully saturated rings. The summed E-state index contributed by atoms with van der Waals surface area (Å²) in [5.74, 6) is -0.0497. The molecule has 3 rings (SSSR count). The van der Waals surface area contributed by atoms with Gasteiger partial charge in [0.05, 0.1) is 12.1 Å². The lowest BCUT2D eigenvalue weighted by Crippen LogP contribution is -2.14. The molecule has 1 amide bonds. The molecule has 0 aliphatic carbocycles. The van der Waals surface area contributed by atoms with Crippen LogP contribution in [0.25, 0.3) is 10.1 Å². The van der Waals surface area contributed by atoms with E-state index in [0.717, 1.165) is 27.8 Å². The zero-order valence-corrected chi connectivity index (χ0v) is 16.2. The van der Waals surface area contributed by atoms with E-state index in [-0.39, 0.29) is 11.3 Å². The standard InChI is InChI=1S/C18H19ClN2OS2/c1-18(2,3)8-13-10-24-17(20-13)21-16(22)6-11-9-23-15-5-4-12(19)7-14(11)15/h4-5,7,9-10H,6,8H2,1-3H3,(H,20,21,22). The highest BCUT2D eigenvalue weighted by atomic mass is 35.5. The van der Waals surface area contributed by atoms with Crippen molar-refractivity contribution in [2.24, 2.45) is 5.41 Å². The van der Waals surface area contributed by atoms with Gasteiger partial charge in [0.2, 0.25) is 5.91 Å². The fourth-order valence-electron chi connectivity index (χ4n) is 2.52. The van der Waals surface area contributed by atoms with Gasteiger partial charge in [-0.2, -0.15) is 0 Å². The van der Waals surface area contributed by atoms with E-state index in [0.29, 0.717) is 16.6 Å². The maximum atomic E-state index is 12.3. The van der Waals surface area contributed by atoms with Crippen molar-refractivity contribution in [2.45, 2.75) is 33.6 Å². The fourth-order valence-corrected chi connectivity index (χ4v) is 4.36. The first-order valence-electron chi connectivity index (χ1n) is 7.70. The normalized spacial score (nSPS) is 11.8. The number of amides is 1. The number of benzene rings is 1. The summed E-state index contributed by atoms with van der Waals surface area (Å²) >= 11 is 9.17. The predicted octanol–water partition coefficient (Wildman–Crippen LogP) is 5.78. The van der Waals surface area contributed by atoms with Crippen LogP contribution in [0.5, 0.6) is 0 Å². The monoisotopic (exact) mass is 378 g/mol. The second-order valence-electron chi connectivity index (χ2n) is 7.01. The van der Waals surface area contributed by atoms with Gasteiger partial charge in [-0.3, -0.25) is 4.79 Å². The number of anilines is 1. The molecule has 1 N–H and O–H groups in total. The summed E-state index contributed by atoms with van der Waals surface area (Å²) in [5, 5.41) is 9.35. The van der Waals surface area contributed by atoms with Gasteiger partial charge in [-0.15, -0.1) is 22.7 Å². The molecular formula is C18H19ClN2OS2. The van der Waals surface area contributed by atoms with Crippen LogP contribution in [0.2, 0.25) is 5.02 Å². The minimum Gasteiger partial charge on any atom is -0.302 e. The second kappa shape index (κ2) is 6.82. The van der Waals surface area contributed by atoms with Gasteiger partial charge < -0.3 is 5.32 Å². The lowest BCUT2D eigenvalue weighted by atomic mass is 9.91. The molecule has 0 saturated carbocycles. The Bertz CT molecular complexity index is 877. The zero-order valence-electron chi connectivity index (χ0n) is 13.9. The van der Waals surface area contributed by atoms with Crippen molar-refractivity contribution in [3.63, 3.8) is 0 Å². The molecule has 0 spiro atoms. The first kappa shape index (κ1) is 17.4. The molecule has 0 radical (unpaired) electrons. The van der Waals surface area contributed by atoms with E-state index in [4.69, 9.17) is 11.6 Å². The van der Waals surface area contributed by atoms with Crippen LogP contribution in [0.3, 0.4) is 0 Å². The van der Waals surface area contributed by atoms with Crippen LogP contribution in [0.1, 0.15) is 32.0 Å². The van der Waals surface area contributed by atoms with Gasteiger partial charge in [0.15, 0.2) is 5.13 Å². The molecule has 0 aliphatic heterocycles. The maximum absolute atomic E-state index is 12.3. The number of carbonyl (C=O) groups excluding carboxylic acids is 1. The van der Waals surface area contributed by atoms with Gasteiger partial charge in [0.25, 0.3) is 0 Å². The average Bonchev–Trinajstić information content (AvgIpc) is 3.04. The van der Waals surface area contributed by atoms with Crippen LogP contribution in [0.15, 0.2) is 29.0 Å². The molecule has 1 aromatic carbocycles. The minimum atomic E-state index is -0.0497. The van der Waals surface area contributed by atoms with Crippen molar-refractivity contribution in [1.82, 2.24) is 4.98 Å². The quantitative estimate of drug-likeness (QED) is 0.625. The number of aromatic nitrogens is 1. The number of carbonyl (C=O) groups is 1. The van der Waals surface area contributed by atoms with Crippen molar-refractivity contribution in [2.75, 3.05) is 5.32 Å². The molecule has 0 atom stereocenters. The molecule has 2 heterocycles. The van der Waals surface area contributed by atoms with Gasteiger partial charge in [-0.25, -0.2) is 4.98 Å². The molecule has 126 valence electrons. The van der Waals surface area contributed by atoms with Crippen LogP contribution in [0.4, 0.5) is 5.13 Å². The van der Waals surface area contributed by atoms with Gasteiger partial charge in [-0.1, -0.05) is 32.4 Å². The number of hydrogen-bond donors (Lipinski definition) is 1. The van der Waals surface area contributed by atoms with Crippen molar-refractivity contribution in [3.05, 3.63) is 45.2 Å². The molecular weight excluding hydrogens is 360 g/mol. The number of nitrogens with zero attached hydrogens (tertiary/aromatic N) is 1. The largest absolute Gasteiger partial charge is 0.302 e. The van der Waals surface area contributed by atoms with Crippen LogP contribution in [0, 0.1) is 5.41 Å². The van der Waals surface area contributed by atoms with Crippen molar-refractivity contribution in [3.8, 4) is 0 Å². The highest BCUT2D eigenvalue weighted by Crippen LogP contribution is 2.29. The van der Waals surface area contributed by atoms with Gasteiger partial charge >= 0.3 is 0 Å². The van der Waals surface area contributed by atoms with Gasteiger partial charge in [0, 0.05) is 15.1 Å². The summed E-state index contributed by atoms with van der Waals surface area (Å²) in [4.78, 5) is 16.8. The average molecular weight is 379 g/mol. The first-order chi connectivity index (χ1) is 11.3. The second-order valence-corrected chi connectivity index (χ2v) is 9.21. The molecule has 2 aromatic heterocycles. The van der Waals surface area contributed by atoms with Crippen LogP contribution < -0.4 is 5.32 Å². The van der Waals surface area contributed by atoms with E-state index in [9.17, 15) is 4.79 Å². The first-order valence-corrected chi connectivity index (χ1v) is 9.84. The Kier molecular flexibility index (Phi) is 4.95. The van der Waals surface area contributed by atoms with Crippen molar-refractivity contribution < 1.29 is 4.79 Å². The van der Waals surface area contributed by atoms with Gasteiger partial charge in [-0.05, 0) is 46.4 Å². The van der Waals surface area contributed by atoms with Crippen molar-refractivity contribution in [1.29, 1.82) is 0 Å². The number of thiophene rings is 1. The van der Waals surface area contributed by atoms with E-state index in [2.05, 4.69) is 31.1 Å². The summed E-state index contributed by atoms with van der Waals surface area (Å²) in [5.41, 5.74) is 2.21. The third-order valence-electron chi connectivity index (χ3n) is 3.48. The number of thiazole rings is 1. The van der Waals surface area contributed by atoms with E-state index in [1.54, 1.807) is 11.3 Å². The summed E-state index contributed by atoms with van der Waals surface area (Å²) in [7, 11) is 0. The van der Waals surface area contributed by atoms with E-state index in [1.165, 1.54) is 11.3 Å². The number of hydrogen-bond acceptors (Lipinski definition) is 4. The molecule has 0 aliphatic rings. The van der Waals surface area contributed by atoms with Crippen LogP contribution in [-0.4, -0.2) is 10.9 Å². The van der Waals surface area contributed by atoms with E-state index >= 15 is 0 Å². The third kappa shape index (κ3) is 4.35. The van der Waals surface area contributed by atoms with Crippen LogP contribution >= 0.6 is 34.3 Å². The molecule has 24 heavy (non-hydrogen) atoms. The summed E-state index contributed by atoms with van der Waals surface area (Å²) in [6.07, 6.45) is 1.22. The Morgan fingerprint density at radius 3 is 2.79 bits per heavy atom. The molecule has 0 saturated heterocycles. The van der Waals surface area contributed by atoms with Gasteiger partial charge in [0.1, 0.15) is 0 Å². The SMILES string of the molecule is CC(C)(C)Cc1csc(NC(=O)Cc2csc3ccc(Cl)cc23)n1.